The molecule has 1 aliphatic heterocycles. The van der Waals surface area contributed by atoms with Gasteiger partial charge in [-0.15, -0.1) is 6.58 Å². The third-order valence-electron chi connectivity index (χ3n) is 2.22. The molecule has 68 valence electrons. The highest BCUT2D eigenvalue weighted by Gasteiger charge is 2.12. The zero-order valence-electron chi connectivity index (χ0n) is 7.59. The van der Waals surface area contributed by atoms with Crippen molar-refractivity contribution in [2.45, 2.75) is 25.7 Å². The van der Waals surface area contributed by atoms with E-state index in [1.54, 1.807) is 6.08 Å². The van der Waals surface area contributed by atoms with Gasteiger partial charge in [0.2, 0.25) is 0 Å². The SMILES string of the molecule is C=CCC(=O)CN1CCCCC1. The Kier molecular flexibility index (Phi) is 4.01. The van der Waals surface area contributed by atoms with E-state index in [2.05, 4.69) is 11.5 Å². The zero-order valence-corrected chi connectivity index (χ0v) is 7.59. The van der Waals surface area contributed by atoms with Crippen LogP contribution in [0.15, 0.2) is 12.7 Å². The highest BCUT2D eigenvalue weighted by Crippen LogP contribution is 2.08. The largest absolute Gasteiger partial charge is 0.298 e. The molecule has 0 aromatic rings. The average molecular weight is 167 g/mol. The monoisotopic (exact) mass is 167 g/mol. The van der Waals surface area contributed by atoms with Gasteiger partial charge in [0.25, 0.3) is 0 Å². The molecule has 0 bridgehead atoms. The van der Waals surface area contributed by atoms with Crippen molar-refractivity contribution < 1.29 is 4.79 Å². The van der Waals surface area contributed by atoms with Gasteiger partial charge in [-0.1, -0.05) is 12.5 Å². The van der Waals surface area contributed by atoms with Gasteiger partial charge in [0.1, 0.15) is 0 Å². The fourth-order valence-electron chi connectivity index (χ4n) is 1.59. The molecule has 0 radical (unpaired) electrons. The predicted octanol–water partition coefficient (Wildman–Crippen LogP) is 1.62. The molecule has 2 nitrogen and oxygen atoms in total. The molecular formula is C10H17NO. The number of Topliss-reactive ketones (excluding diaryl/α,β-unsaturated/α-hetero) is 1. The van der Waals surface area contributed by atoms with Crippen molar-refractivity contribution in [2.24, 2.45) is 0 Å². The highest BCUT2D eigenvalue weighted by atomic mass is 16.1. The van der Waals surface area contributed by atoms with E-state index in [0.29, 0.717) is 18.7 Å². The van der Waals surface area contributed by atoms with E-state index in [1.807, 2.05) is 0 Å². The Morgan fingerprint density at radius 2 is 2.00 bits per heavy atom. The molecule has 1 heterocycles. The van der Waals surface area contributed by atoms with E-state index in [0.717, 1.165) is 13.1 Å². The van der Waals surface area contributed by atoms with E-state index >= 15 is 0 Å². The summed E-state index contributed by atoms with van der Waals surface area (Å²) in [5.41, 5.74) is 0. The van der Waals surface area contributed by atoms with Crippen LogP contribution < -0.4 is 0 Å². The number of hydrogen-bond acceptors (Lipinski definition) is 2. The maximum Gasteiger partial charge on any atom is 0.150 e. The summed E-state index contributed by atoms with van der Waals surface area (Å²) in [6.45, 7) is 6.39. The number of ketones is 1. The molecule has 1 aliphatic rings. The van der Waals surface area contributed by atoms with Crippen molar-refractivity contribution in [3.05, 3.63) is 12.7 Å². The van der Waals surface area contributed by atoms with Crippen LogP contribution in [0.5, 0.6) is 0 Å². The number of likely N-dealkylation sites (tertiary alicyclic amines) is 1. The first-order valence-electron chi connectivity index (χ1n) is 4.68. The van der Waals surface area contributed by atoms with Crippen LogP contribution in [0.4, 0.5) is 0 Å². The molecule has 1 fully saturated rings. The van der Waals surface area contributed by atoms with Crippen LogP contribution in [0.25, 0.3) is 0 Å². The van der Waals surface area contributed by atoms with Crippen molar-refractivity contribution in [3.63, 3.8) is 0 Å². The van der Waals surface area contributed by atoms with Crippen LogP contribution in [0, 0.1) is 0 Å². The second kappa shape index (κ2) is 5.09. The normalized spacial score (nSPS) is 19.0. The lowest BCUT2D eigenvalue weighted by atomic mass is 10.1. The fraction of sp³-hybridized carbons (Fsp3) is 0.700. The van der Waals surface area contributed by atoms with E-state index in [-0.39, 0.29) is 0 Å². The van der Waals surface area contributed by atoms with Crippen molar-refractivity contribution in [3.8, 4) is 0 Å². The molecule has 0 spiro atoms. The molecule has 0 saturated carbocycles. The maximum absolute atomic E-state index is 11.2. The summed E-state index contributed by atoms with van der Waals surface area (Å²) in [6.07, 6.45) is 6.04. The smallest absolute Gasteiger partial charge is 0.150 e. The van der Waals surface area contributed by atoms with E-state index in [9.17, 15) is 4.79 Å². The molecule has 1 saturated heterocycles. The number of carbonyl (C=O) groups excluding carboxylic acids is 1. The molecule has 0 atom stereocenters. The van der Waals surface area contributed by atoms with Gasteiger partial charge in [-0.3, -0.25) is 9.69 Å². The number of hydrogen-bond donors (Lipinski definition) is 0. The minimum absolute atomic E-state index is 0.298. The van der Waals surface area contributed by atoms with Crippen molar-refractivity contribution in [1.29, 1.82) is 0 Å². The third-order valence-corrected chi connectivity index (χ3v) is 2.22. The Hall–Kier alpha value is -0.630. The molecule has 0 aliphatic carbocycles. The quantitative estimate of drug-likeness (QED) is 0.593. The van der Waals surface area contributed by atoms with Gasteiger partial charge < -0.3 is 0 Å². The Bertz CT molecular complexity index is 159. The summed E-state index contributed by atoms with van der Waals surface area (Å²) >= 11 is 0. The summed E-state index contributed by atoms with van der Waals surface area (Å²) in [5, 5.41) is 0. The Balaban J connectivity index is 2.19. The summed E-state index contributed by atoms with van der Waals surface area (Å²) in [7, 11) is 0. The summed E-state index contributed by atoms with van der Waals surface area (Å²) < 4.78 is 0. The van der Waals surface area contributed by atoms with Gasteiger partial charge in [-0.2, -0.15) is 0 Å². The Morgan fingerprint density at radius 1 is 1.33 bits per heavy atom. The summed E-state index contributed by atoms with van der Waals surface area (Å²) in [5.74, 6) is 0.298. The lowest BCUT2D eigenvalue weighted by Gasteiger charge is -2.25. The number of carbonyl (C=O) groups is 1. The fourth-order valence-corrected chi connectivity index (χ4v) is 1.59. The number of piperidine rings is 1. The molecule has 0 aromatic carbocycles. The van der Waals surface area contributed by atoms with Crippen LogP contribution >= 0.6 is 0 Å². The predicted molar refractivity (Wildman–Crippen MR) is 50.1 cm³/mol. The molecule has 12 heavy (non-hydrogen) atoms. The number of rotatable bonds is 4. The summed E-state index contributed by atoms with van der Waals surface area (Å²) in [6, 6.07) is 0. The van der Waals surface area contributed by atoms with Crippen molar-refractivity contribution in [1.82, 2.24) is 4.90 Å². The zero-order chi connectivity index (χ0) is 8.81. The van der Waals surface area contributed by atoms with Crippen molar-refractivity contribution in [2.75, 3.05) is 19.6 Å². The van der Waals surface area contributed by atoms with Gasteiger partial charge in [0, 0.05) is 6.42 Å². The molecular weight excluding hydrogens is 150 g/mol. The van der Waals surface area contributed by atoms with Crippen LogP contribution in [0.2, 0.25) is 0 Å². The summed E-state index contributed by atoms with van der Waals surface area (Å²) in [4.78, 5) is 13.4. The van der Waals surface area contributed by atoms with E-state index < -0.39 is 0 Å². The van der Waals surface area contributed by atoms with Gasteiger partial charge in [0.15, 0.2) is 5.78 Å². The molecule has 0 amide bonds. The van der Waals surface area contributed by atoms with Gasteiger partial charge in [-0.05, 0) is 25.9 Å². The van der Waals surface area contributed by atoms with Crippen LogP contribution in [0.3, 0.4) is 0 Å². The van der Waals surface area contributed by atoms with Gasteiger partial charge in [0.05, 0.1) is 6.54 Å². The third kappa shape index (κ3) is 3.18. The Labute approximate surface area is 74.2 Å². The van der Waals surface area contributed by atoms with Crippen molar-refractivity contribution >= 4 is 5.78 Å². The van der Waals surface area contributed by atoms with Crippen LogP contribution in [-0.2, 0) is 4.79 Å². The number of nitrogens with zero attached hydrogens (tertiary/aromatic N) is 1. The highest BCUT2D eigenvalue weighted by molar-refractivity contribution is 5.81. The average Bonchev–Trinajstić information content (AvgIpc) is 2.06. The van der Waals surface area contributed by atoms with Crippen LogP contribution in [0.1, 0.15) is 25.7 Å². The van der Waals surface area contributed by atoms with Gasteiger partial charge in [-0.25, -0.2) is 0 Å². The van der Waals surface area contributed by atoms with E-state index in [4.69, 9.17) is 0 Å². The maximum atomic E-state index is 11.2. The Morgan fingerprint density at radius 3 is 2.58 bits per heavy atom. The molecule has 1 rings (SSSR count). The first kappa shape index (κ1) is 9.46. The molecule has 0 unspecified atom stereocenters. The van der Waals surface area contributed by atoms with Gasteiger partial charge >= 0.3 is 0 Å². The minimum Gasteiger partial charge on any atom is -0.298 e. The second-order valence-electron chi connectivity index (χ2n) is 3.37. The standard InChI is InChI=1S/C10H17NO/c1-2-6-10(12)9-11-7-4-3-5-8-11/h2H,1,3-9H2. The minimum atomic E-state index is 0.298. The lowest BCUT2D eigenvalue weighted by Crippen LogP contribution is -2.34. The second-order valence-corrected chi connectivity index (χ2v) is 3.37. The lowest BCUT2D eigenvalue weighted by molar-refractivity contribution is -0.119. The number of allylic oxidation sites excluding steroid dienone is 1. The molecule has 0 aromatic heterocycles. The topological polar surface area (TPSA) is 20.3 Å². The first-order chi connectivity index (χ1) is 5.83. The first-order valence-corrected chi connectivity index (χ1v) is 4.68. The van der Waals surface area contributed by atoms with Crippen LogP contribution in [-0.4, -0.2) is 30.3 Å². The molecule has 0 N–H and O–H groups in total. The molecule has 2 heteroatoms. The van der Waals surface area contributed by atoms with E-state index in [1.165, 1.54) is 19.3 Å².